The number of carbonyl (C=O) groups is 2. The second kappa shape index (κ2) is 5.61. The third kappa shape index (κ3) is 2.54. The van der Waals surface area contributed by atoms with Gasteiger partial charge in [-0.2, -0.15) is 0 Å². The Kier molecular flexibility index (Phi) is 3.78. The minimum atomic E-state index is -0.782. The summed E-state index contributed by atoms with van der Waals surface area (Å²) in [6.07, 6.45) is 1.03. The number of fused-ring (bicyclic) bond motifs is 1. The van der Waals surface area contributed by atoms with Crippen LogP contribution in [-0.2, 0) is 4.79 Å². The number of benzene rings is 1. The van der Waals surface area contributed by atoms with Gasteiger partial charge in [-0.3, -0.25) is 9.59 Å². The van der Waals surface area contributed by atoms with Crippen molar-refractivity contribution in [1.82, 2.24) is 5.32 Å². The van der Waals surface area contributed by atoms with E-state index in [9.17, 15) is 9.59 Å². The van der Waals surface area contributed by atoms with Gasteiger partial charge in [0.25, 0.3) is 5.91 Å². The van der Waals surface area contributed by atoms with Gasteiger partial charge < -0.3 is 15.2 Å². The molecule has 1 aliphatic rings. The second-order valence-electron chi connectivity index (χ2n) is 5.60. The normalized spacial score (nSPS) is 20.5. The van der Waals surface area contributed by atoms with Crippen molar-refractivity contribution in [2.24, 2.45) is 5.92 Å². The predicted octanol–water partition coefficient (Wildman–Crippen LogP) is 2.81. The van der Waals surface area contributed by atoms with Crippen LogP contribution in [0, 0.1) is 12.8 Å². The maximum atomic E-state index is 12.4. The number of methoxy groups -OCH3 is 1. The molecule has 6 heteroatoms. The van der Waals surface area contributed by atoms with Gasteiger partial charge in [-0.05, 0) is 48.9 Å². The summed E-state index contributed by atoms with van der Waals surface area (Å²) in [7, 11) is 1.62. The summed E-state index contributed by atoms with van der Waals surface area (Å²) in [4.78, 5) is 23.9. The molecule has 0 atom stereocenters. The topological polar surface area (TPSA) is 75.6 Å². The van der Waals surface area contributed by atoms with Gasteiger partial charge in [0.05, 0.1) is 17.9 Å². The van der Waals surface area contributed by atoms with Crippen LogP contribution < -0.4 is 10.1 Å². The van der Waals surface area contributed by atoms with E-state index in [1.165, 1.54) is 11.3 Å². The van der Waals surface area contributed by atoms with Crippen LogP contribution in [0.4, 0.5) is 0 Å². The van der Waals surface area contributed by atoms with Gasteiger partial charge >= 0.3 is 5.97 Å². The van der Waals surface area contributed by atoms with Gasteiger partial charge in [0.15, 0.2) is 0 Å². The zero-order valence-electron chi connectivity index (χ0n) is 12.4. The molecule has 1 aromatic heterocycles. The van der Waals surface area contributed by atoms with E-state index in [-0.39, 0.29) is 17.9 Å². The van der Waals surface area contributed by atoms with Crippen LogP contribution in [0.3, 0.4) is 0 Å². The van der Waals surface area contributed by atoms with Crippen LogP contribution in [0.15, 0.2) is 18.2 Å². The summed E-state index contributed by atoms with van der Waals surface area (Å²) in [6, 6.07) is 5.73. The molecule has 0 aliphatic heterocycles. The van der Waals surface area contributed by atoms with E-state index in [4.69, 9.17) is 9.84 Å². The number of carboxylic acid groups (broad SMARTS) is 1. The molecule has 3 rings (SSSR count). The van der Waals surface area contributed by atoms with Crippen LogP contribution in [0.1, 0.15) is 28.1 Å². The maximum Gasteiger partial charge on any atom is 0.306 e. The zero-order chi connectivity index (χ0) is 15.9. The third-order valence-electron chi connectivity index (χ3n) is 4.17. The van der Waals surface area contributed by atoms with Crippen molar-refractivity contribution < 1.29 is 19.4 Å². The van der Waals surface area contributed by atoms with Gasteiger partial charge in [-0.1, -0.05) is 0 Å². The third-order valence-corrected chi connectivity index (χ3v) is 5.44. The standard InChI is InChI=1S/C16H17NO4S/c1-8-12-7-11(21-2)3-4-13(12)22-14(8)15(18)17-10-5-9(6-10)16(19)20/h3-4,7,9-10H,5-6H2,1-2H3,(H,17,18)(H,19,20). The quantitative estimate of drug-likeness (QED) is 0.908. The van der Waals surface area contributed by atoms with E-state index < -0.39 is 5.97 Å². The van der Waals surface area contributed by atoms with E-state index in [0.29, 0.717) is 17.7 Å². The van der Waals surface area contributed by atoms with Crippen LogP contribution in [0.2, 0.25) is 0 Å². The van der Waals surface area contributed by atoms with Gasteiger partial charge in [0.2, 0.25) is 0 Å². The Morgan fingerprint density at radius 3 is 2.73 bits per heavy atom. The predicted molar refractivity (Wildman–Crippen MR) is 84.7 cm³/mol. The molecule has 1 amide bonds. The van der Waals surface area contributed by atoms with Crippen LogP contribution in [0.5, 0.6) is 5.75 Å². The number of hydrogen-bond donors (Lipinski definition) is 2. The number of ether oxygens (including phenoxy) is 1. The van der Waals surface area contributed by atoms with E-state index in [1.807, 2.05) is 25.1 Å². The highest BCUT2D eigenvalue weighted by atomic mass is 32.1. The molecular weight excluding hydrogens is 302 g/mol. The van der Waals surface area contributed by atoms with Crippen molar-refractivity contribution in [3.8, 4) is 5.75 Å². The number of carboxylic acids is 1. The Balaban J connectivity index is 1.77. The lowest BCUT2D eigenvalue weighted by Gasteiger charge is -2.32. The fraction of sp³-hybridized carbons (Fsp3) is 0.375. The first-order valence-corrected chi connectivity index (χ1v) is 7.92. The first-order chi connectivity index (χ1) is 10.5. The average molecular weight is 319 g/mol. The molecule has 0 spiro atoms. The van der Waals surface area contributed by atoms with Gasteiger partial charge in [0.1, 0.15) is 5.75 Å². The molecule has 1 heterocycles. The molecule has 1 aromatic carbocycles. The smallest absolute Gasteiger partial charge is 0.306 e. The number of thiophene rings is 1. The molecule has 0 bridgehead atoms. The lowest BCUT2D eigenvalue weighted by Crippen LogP contribution is -2.46. The number of amides is 1. The minimum Gasteiger partial charge on any atom is -0.497 e. The summed E-state index contributed by atoms with van der Waals surface area (Å²) < 4.78 is 6.26. The molecular formula is C16H17NO4S. The fourth-order valence-corrected chi connectivity index (χ4v) is 3.82. The molecule has 22 heavy (non-hydrogen) atoms. The second-order valence-corrected chi connectivity index (χ2v) is 6.65. The van der Waals surface area contributed by atoms with Crippen molar-refractivity contribution in [2.45, 2.75) is 25.8 Å². The fourth-order valence-electron chi connectivity index (χ4n) is 2.73. The average Bonchev–Trinajstić information content (AvgIpc) is 2.78. The van der Waals surface area contributed by atoms with Crippen LogP contribution >= 0.6 is 11.3 Å². The Bertz CT molecular complexity index is 746. The molecule has 5 nitrogen and oxygen atoms in total. The first kappa shape index (κ1) is 14.8. The van der Waals surface area contributed by atoms with E-state index in [2.05, 4.69) is 5.32 Å². The van der Waals surface area contributed by atoms with E-state index in [0.717, 1.165) is 21.4 Å². The molecule has 116 valence electrons. The number of hydrogen-bond acceptors (Lipinski definition) is 4. The van der Waals surface area contributed by atoms with Gasteiger partial charge in [0, 0.05) is 10.7 Å². The van der Waals surface area contributed by atoms with Crippen molar-refractivity contribution >= 4 is 33.3 Å². The van der Waals surface area contributed by atoms with Gasteiger partial charge in [-0.15, -0.1) is 11.3 Å². The lowest BCUT2D eigenvalue weighted by molar-refractivity contribution is -0.145. The monoisotopic (exact) mass is 319 g/mol. The largest absolute Gasteiger partial charge is 0.497 e. The molecule has 1 aliphatic carbocycles. The van der Waals surface area contributed by atoms with Crippen molar-refractivity contribution in [1.29, 1.82) is 0 Å². The maximum absolute atomic E-state index is 12.4. The summed E-state index contributed by atoms with van der Waals surface area (Å²) >= 11 is 1.45. The number of rotatable bonds is 4. The van der Waals surface area contributed by atoms with E-state index >= 15 is 0 Å². The summed E-state index contributed by atoms with van der Waals surface area (Å²) in [5.41, 5.74) is 0.936. The highest BCUT2D eigenvalue weighted by Gasteiger charge is 2.35. The number of aliphatic carboxylic acids is 1. The van der Waals surface area contributed by atoms with Crippen LogP contribution in [-0.4, -0.2) is 30.1 Å². The Morgan fingerprint density at radius 2 is 2.09 bits per heavy atom. The summed E-state index contributed by atoms with van der Waals surface area (Å²) in [5, 5.41) is 12.8. The number of aryl methyl sites for hydroxylation is 1. The Hall–Kier alpha value is -2.08. The molecule has 0 radical (unpaired) electrons. The number of carbonyl (C=O) groups excluding carboxylic acids is 1. The SMILES string of the molecule is COc1ccc2sc(C(=O)NC3CC(C(=O)O)C3)c(C)c2c1. The highest BCUT2D eigenvalue weighted by molar-refractivity contribution is 7.21. The van der Waals surface area contributed by atoms with Gasteiger partial charge in [-0.25, -0.2) is 0 Å². The van der Waals surface area contributed by atoms with Crippen molar-refractivity contribution in [2.75, 3.05) is 7.11 Å². The Labute approximate surface area is 131 Å². The molecule has 1 saturated carbocycles. The minimum absolute atomic E-state index is 0.0345. The summed E-state index contributed by atoms with van der Waals surface area (Å²) in [5.74, 6) is -0.455. The highest BCUT2D eigenvalue weighted by Crippen LogP contribution is 2.34. The lowest BCUT2D eigenvalue weighted by atomic mass is 9.80. The first-order valence-electron chi connectivity index (χ1n) is 7.10. The summed E-state index contributed by atoms with van der Waals surface area (Å²) in [6.45, 7) is 1.92. The zero-order valence-corrected chi connectivity index (χ0v) is 13.2. The number of nitrogens with one attached hydrogen (secondary N) is 1. The van der Waals surface area contributed by atoms with Crippen LogP contribution in [0.25, 0.3) is 10.1 Å². The van der Waals surface area contributed by atoms with Crippen molar-refractivity contribution in [3.63, 3.8) is 0 Å². The van der Waals surface area contributed by atoms with E-state index in [1.54, 1.807) is 7.11 Å². The Morgan fingerprint density at radius 1 is 1.36 bits per heavy atom. The molecule has 2 N–H and O–H groups in total. The molecule has 0 unspecified atom stereocenters. The molecule has 0 saturated heterocycles. The molecule has 1 fully saturated rings. The van der Waals surface area contributed by atoms with Crippen molar-refractivity contribution in [3.05, 3.63) is 28.6 Å². The molecule has 2 aromatic rings.